The zero-order valence-electron chi connectivity index (χ0n) is 13.8. The van der Waals surface area contributed by atoms with Crippen LogP contribution in [-0.2, 0) is 7.05 Å². The van der Waals surface area contributed by atoms with E-state index in [0.29, 0.717) is 12.1 Å². The maximum absolute atomic E-state index is 12.5. The van der Waals surface area contributed by atoms with Crippen LogP contribution in [0.25, 0.3) is 0 Å². The van der Waals surface area contributed by atoms with Crippen LogP contribution in [-0.4, -0.2) is 20.4 Å². The van der Waals surface area contributed by atoms with Gasteiger partial charge in [-0.3, -0.25) is 19.3 Å². The second-order valence-electron chi connectivity index (χ2n) is 5.87. The van der Waals surface area contributed by atoms with Crippen molar-refractivity contribution in [2.45, 2.75) is 16.6 Å². The van der Waals surface area contributed by atoms with E-state index in [1.165, 1.54) is 9.44 Å². The molecule has 0 saturated heterocycles. The van der Waals surface area contributed by atoms with E-state index in [1.54, 1.807) is 30.1 Å². The summed E-state index contributed by atoms with van der Waals surface area (Å²) in [4.78, 5) is 22.2. The molecule has 1 aliphatic heterocycles. The number of aromatic hydroxyl groups is 1. The molecule has 8 heteroatoms. The van der Waals surface area contributed by atoms with Gasteiger partial charge in [0.25, 0.3) is 5.56 Å². The molecule has 4 rings (SSSR count). The highest BCUT2D eigenvalue weighted by Gasteiger charge is 2.26. The quantitative estimate of drug-likeness (QED) is 0.617. The lowest BCUT2D eigenvalue weighted by Crippen LogP contribution is -2.22. The highest BCUT2D eigenvalue weighted by Crippen LogP contribution is 2.46. The molecule has 1 atom stereocenters. The number of thioether (sulfide) groups is 1. The second kappa shape index (κ2) is 6.86. The number of aromatic amines is 1. The van der Waals surface area contributed by atoms with E-state index in [2.05, 4.69) is 11.1 Å². The Hall–Kier alpha value is -2.16. The Morgan fingerprint density at radius 1 is 1.31 bits per heavy atom. The van der Waals surface area contributed by atoms with E-state index in [0.717, 1.165) is 10.6 Å². The van der Waals surface area contributed by atoms with Gasteiger partial charge in [-0.2, -0.15) is 0 Å². The Balaban J connectivity index is 1.93. The van der Waals surface area contributed by atoms with Gasteiger partial charge in [-0.15, -0.1) is 23.1 Å². The minimum Gasteiger partial charge on any atom is -0.494 e. The molecule has 1 aromatic carbocycles. The summed E-state index contributed by atoms with van der Waals surface area (Å²) in [5.74, 6) is -0.160. The van der Waals surface area contributed by atoms with Gasteiger partial charge < -0.3 is 5.11 Å². The van der Waals surface area contributed by atoms with Crippen LogP contribution in [0.15, 0.2) is 56.5 Å². The monoisotopic (exact) mass is 401 g/mol. The molecule has 3 heterocycles. The van der Waals surface area contributed by atoms with E-state index in [-0.39, 0.29) is 21.5 Å². The van der Waals surface area contributed by atoms with Gasteiger partial charge >= 0.3 is 0 Å². The fourth-order valence-corrected chi connectivity index (χ4v) is 5.20. The van der Waals surface area contributed by atoms with Crippen LogP contribution in [0.2, 0.25) is 0 Å². The Labute approximate surface area is 163 Å². The summed E-state index contributed by atoms with van der Waals surface area (Å²) in [6.45, 7) is 0. The molecule has 0 aliphatic carbocycles. The molecule has 132 valence electrons. The molecule has 2 N–H and O–H groups in total. The number of benzene rings is 1. The van der Waals surface area contributed by atoms with Crippen molar-refractivity contribution in [1.82, 2.24) is 9.55 Å². The van der Waals surface area contributed by atoms with Gasteiger partial charge in [0.2, 0.25) is 5.88 Å². The zero-order chi connectivity index (χ0) is 18.3. The average molecular weight is 402 g/mol. The van der Waals surface area contributed by atoms with Crippen LogP contribution in [0.4, 0.5) is 5.69 Å². The third-order valence-electron chi connectivity index (χ3n) is 4.21. The number of nitrogens with one attached hydrogen (secondary N) is 1. The van der Waals surface area contributed by atoms with E-state index >= 15 is 0 Å². The van der Waals surface area contributed by atoms with Gasteiger partial charge in [0.15, 0.2) is 4.77 Å². The molecule has 0 saturated carbocycles. The number of aliphatic imine (C=N–C) groups is 1. The molecule has 3 aromatic rings. The summed E-state index contributed by atoms with van der Waals surface area (Å²) in [5, 5.41) is 12.7. The van der Waals surface area contributed by atoms with Crippen molar-refractivity contribution in [2.75, 3.05) is 0 Å². The summed E-state index contributed by atoms with van der Waals surface area (Å²) in [5.41, 5.74) is 1.12. The first kappa shape index (κ1) is 17.3. The molecule has 5 nitrogen and oxygen atoms in total. The largest absolute Gasteiger partial charge is 0.494 e. The van der Waals surface area contributed by atoms with Gasteiger partial charge in [0.1, 0.15) is 5.56 Å². The first-order valence-corrected chi connectivity index (χ1v) is 10.1. The summed E-state index contributed by atoms with van der Waals surface area (Å²) >= 11 is 8.48. The number of fused-ring (bicyclic) bond motifs is 1. The number of thiophene rings is 1. The molecule has 0 unspecified atom stereocenters. The van der Waals surface area contributed by atoms with Crippen molar-refractivity contribution in [3.63, 3.8) is 0 Å². The molecule has 1 aliphatic rings. The van der Waals surface area contributed by atoms with E-state index in [9.17, 15) is 9.90 Å². The first-order chi connectivity index (χ1) is 12.5. The third kappa shape index (κ3) is 3.04. The van der Waals surface area contributed by atoms with Crippen molar-refractivity contribution in [1.29, 1.82) is 0 Å². The Morgan fingerprint density at radius 2 is 2.12 bits per heavy atom. The first-order valence-electron chi connectivity index (χ1n) is 7.94. The minimum atomic E-state index is -0.418. The molecule has 2 aromatic heterocycles. The van der Waals surface area contributed by atoms with Gasteiger partial charge in [0.05, 0.1) is 11.4 Å². The summed E-state index contributed by atoms with van der Waals surface area (Å²) in [7, 11) is 1.62. The fraction of sp³-hybridized carbons (Fsp3) is 0.167. The number of hydrogen-bond acceptors (Lipinski definition) is 6. The number of rotatable bonds is 2. The van der Waals surface area contributed by atoms with Gasteiger partial charge in [-0.25, -0.2) is 0 Å². The number of para-hydroxylation sites is 1. The topological polar surface area (TPSA) is 70.4 Å². The minimum absolute atomic E-state index is 0.115. The Kier molecular flexibility index (Phi) is 4.56. The third-order valence-corrected chi connectivity index (χ3v) is 7.03. The number of aromatic nitrogens is 2. The second-order valence-corrected chi connectivity index (χ2v) is 8.48. The van der Waals surface area contributed by atoms with Crippen molar-refractivity contribution >= 4 is 46.7 Å². The molecule has 0 fully saturated rings. The van der Waals surface area contributed by atoms with E-state index in [4.69, 9.17) is 17.2 Å². The smallest absolute Gasteiger partial charge is 0.264 e. The van der Waals surface area contributed by atoms with Crippen molar-refractivity contribution in [3.8, 4) is 5.88 Å². The highest BCUT2D eigenvalue weighted by atomic mass is 32.2. The van der Waals surface area contributed by atoms with Crippen molar-refractivity contribution in [2.24, 2.45) is 12.0 Å². The predicted octanol–water partition coefficient (Wildman–Crippen LogP) is 4.57. The van der Waals surface area contributed by atoms with Gasteiger partial charge in [0, 0.05) is 28.5 Å². The normalized spacial score (nSPS) is 16.7. The lowest BCUT2D eigenvalue weighted by Gasteiger charge is -2.15. The van der Waals surface area contributed by atoms with Crippen molar-refractivity contribution < 1.29 is 5.11 Å². The van der Waals surface area contributed by atoms with Crippen LogP contribution in [0.3, 0.4) is 0 Å². The lowest BCUT2D eigenvalue weighted by atomic mass is 10.1. The fourth-order valence-electron chi connectivity index (χ4n) is 2.87. The summed E-state index contributed by atoms with van der Waals surface area (Å²) < 4.78 is 1.56. The maximum atomic E-state index is 12.5. The molecular formula is C18H15N3O2S3. The number of H-pyrrole nitrogens is 1. The maximum Gasteiger partial charge on any atom is 0.264 e. The molecule has 0 amide bonds. The Morgan fingerprint density at radius 3 is 2.88 bits per heavy atom. The van der Waals surface area contributed by atoms with Crippen LogP contribution in [0, 0.1) is 4.77 Å². The summed E-state index contributed by atoms with van der Waals surface area (Å²) in [6, 6.07) is 12.0. The zero-order valence-corrected chi connectivity index (χ0v) is 16.3. The molecule has 0 bridgehead atoms. The predicted molar refractivity (Wildman–Crippen MR) is 109 cm³/mol. The SMILES string of the molecule is Cn1c(O)c(C2=Nc3ccccc3S[C@@H](c3cccs3)C2)c(=O)[nH]c1=S. The summed E-state index contributed by atoms with van der Waals surface area (Å²) in [6.07, 6.45) is 0.535. The van der Waals surface area contributed by atoms with Crippen molar-refractivity contribution in [3.05, 3.63) is 67.3 Å². The average Bonchev–Trinajstić information content (AvgIpc) is 3.08. The van der Waals surface area contributed by atoms with Crippen LogP contribution < -0.4 is 5.56 Å². The number of nitrogens with zero attached hydrogens (tertiary/aromatic N) is 2. The highest BCUT2D eigenvalue weighted by molar-refractivity contribution is 7.99. The van der Waals surface area contributed by atoms with Crippen LogP contribution >= 0.6 is 35.3 Å². The standard InChI is InChI=1S/C18H15N3O2S3/c1-21-17(23)15(16(22)20-18(21)24)11-9-14(13-7-4-8-25-13)26-12-6-3-2-5-10(12)19-11/h2-8,14,23H,9H2,1H3,(H,20,22,24)/t14-/m1/s1. The number of hydrogen-bond donors (Lipinski definition) is 2. The Bertz CT molecular complexity index is 1110. The molecule has 0 spiro atoms. The van der Waals surface area contributed by atoms with Crippen LogP contribution in [0.1, 0.15) is 22.1 Å². The van der Waals surface area contributed by atoms with Gasteiger partial charge in [-0.05, 0) is 35.8 Å². The lowest BCUT2D eigenvalue weighted by molar-refractivity contribution is 0.419. The van der Waals surface area contributed by atoms with Crippen LogP contribution in [0.5, 0.6) is 5.88 Å². The molecular weight excluding hydrogens is 386 g/mol. The van der Waals surface area contributed by atoms with E-state index < -0.39 is 5.56 Å². The molecule has 26 heavy (non-hydrogen) atoms. The molecule has 0 radical (unpaired) electrons. The van der Waals surface area contributed by atoms with E-state index in [1.807, 2.05) is 35.7 Å². The van der Waals surface area contributed by atoms with Gasteiger partial charge in [-0.1, -0.05) is 18.2 Å².